The average molecular weight is 307 g/mol. The van der Waals surface area contributed by atoms with Crippen LogP contribution in [0.4, 0.5) is 5.69 Å². The molecule has 0 spiro atoms. The number of carbonyl (C=O) groups excluding carboxylic acids is 1. The average Bonchev–Trinajstić information content (AvgIpc) is 3.02. The van der Waals surface area contributed by atoms with E-state index in [9.17, 15) is 4.79 Å². The van der Waals surface area contributed by atoms with Crippen molar-refractivity contribution in [2.24, 2.45) is 0 Å². The van der Waals surface area contributed by atoms with Crippen molar-refractivity contribution in [3.05, 3.63) is 29.8 Å². The van der Waals surface area contributed by atoms with E-state index in [1.807, 2.05) is 24.3 Å². The summed E-state index contributed by atoms with van der Waals surface area (Å²) in [6.07, 6.45) is 0.126. The van der Waals surface area contributed by atoms with Crippen molar-refractivity contribution in [1.29, 1.82) is 0 Å². The van der Waals surface area contributed by atoms with Crippen LogP contribution in [0.5, 0.6) is 0 Å². The van der Waals surface area contributed by atoms with Crippen LogP contribution in [0.15, 0.2) is 24.3 Å². The van der Waals surface area contributed by atoms with Crippen molar-refractivity contribution in [3.8, 4) is 0 Å². The van der Waals surface area contributed by atoms with Crippen LogP contribution in [-0.4, -0.2) is 55.2 Å². The Balaban J connectivity index is 1.59. The van der Waals surface area contributed by atoms with E-state index in [1.165, 1.54) is 0 Å². The van der Waals surface area contributed by atoms with E-state index in [0.29, 0.717) is 0 Å². The molecular weight excluding hydrogens is 286 g/mol. The second-order valence-electron chi connectivity index (χ2n) is 5.50. The monoisotopic (exact) mass is 307 g/mol. The predicted molar refractivity (Wildman–Crippen MR) is 85.5 cm³/mol. The van der Waals surface area contributed by atoms with Crippen molar-refractivity contribution in [3.63, 3.8) is 0 Å². The van der Waals surface area contributed by atoms with Crippen LogP contribution < -0.4 is 10.6 Å². The van der Waals surface area contributed by atoms with Crippen LogP contribution in [-0.2, 0) is 9.53 Å². The van der Waals surface area contributed by atoms with E-state index in [2.05, 4.69) is 22.6 Å². The number of morpholine rings is 1. The first-order valence-electron chi connectivity index (χ1n) is 7.24. The fourth-order valence-corrected chi connectivity index (χ4v) is 3.50. The number of likely N-dealkylation sites (N-methyl/N-ethyl adjacent to an activating group) is 1. The lowest BCUT2D eigenvalue weighted by atomic mass is 10.1. The summed E-state index contributed by atoms with van der Waals surface area (Å²) in [4.78, 5) is 14.3. The van der Waals surface area contributed by atoms with Crippen LogP contribution in [0.1, 0.15) is 11.7 Å². The Hall–Kier alpha value is -1.08. The molecule has 0 aliphatic carbocycles. The van der Waals surface area contributed by atoms with Gasteiger partial charge in [-0.2, -0.15) is 0 Å². The first-order chi connectivity index (χ1) is 10.2. The minimum absolute atomic E-state index is 0.0430. The largest absolute Gasteiger partial charge is 0.371 e. The molecule has 3 rings (SSSR count). The summed E-state index contributed by atoms with van der Waals surface area (Å²) in [5.74, 6) is 1.73. The minimum atomic E-state index is -0.0787. The lowest BCUT2D eigenvalue weighted by Gasteiger charge is -2.30. The SMILES string of the molecule is CN1CCOC(c2ccc(NC(=O)C3CSCN3)cc2)C1. The van der Waals surface area contributed by atoms with Gasteiger partial charge in [0.05, 0.1) is 18.8 Å². The van der Waals surface area contributed by atoms with E-state index >= 15 is 0 Å². The van der Waals surface area contributed by atoms with E-state index in [4.69, 9.17) is 4.74 Å². The van der Waals surface area contributed by atoms with Crippen molar-refractivity contribution in [2.75, 3.05) is 43.7 Å². The van der Waals surface area contributed by atoms with Gasteiger partial charge >= 0.3 is 0 Å². The Labute approximate surface area is 129 Å². The number of benzene rings is 1. The summed E-state index contributed by atoms with van der Waals surface area (Å²) >= 11 is 1.75. The molecule has 0 aromatic heterocycles. The lowest BCUT2D eigenvalue weighted by Crippen LogP contribution is -2.37. The molecule has 2 heterocycles. The van der Waals surface area contributed by atoms with Crippen molar-refractivity contribution in [1.82, 2.24) is 10.2 Å². The van der Waals surface area contributed by atoms with Gasteiger partial charge in [0.1, 0.15) is 0 Å². The van der Waals surface area contributed by atoms with Crippen LogP contribution in [0, 0.1) is 0 Å². The van der Waals surface area contributed by atoms with Gasteiger partial charge in [-0.1, -0.05) is 12.1 Å². The molecule has 1 aromatic carbocycles. The van der Waals surface area contributed by atoms with Gasteiger partial charge < -0.3 is 15.0 Å². The first-order valence-corrected chi connectivity index (χ1v) is 8.40. The number of ether oxygens (including phenoxy) is 1. The molecular formula is C15H21N3O2S. The molecule has 2 unspecified atom stereocenters. The smallest absolute Gasteiger partial charge is 0.242 e. The molecule has 5 nitrogen and oxygen atoms in total. The van der Waals surface area contributed by atoms with Crippen LogP contribution in [0.2, 0.25) is 0 Å². The molecule has 2 aliphatic rings. The Morgan fingerprint density at radius 2 is 2.24 bits per heavy atom. The number of nitrogens with one attached hydrogen (secondary N) is 2. The van der Waals surface area contributed by atoms with Crippen LogP contribution >= 0.6 is 11.8 Å². The van der Waals surface area contributed by atoms with Crippen molar-refractivity contribution < 1.29 is 9.53 Å². The molecule has 1 aromatic rings. The number of carbonyl (C=O) groups is 1. The highest BCUT2D eigenvalue weighted by molar-refractivity contribution is 7.99. The quantitative estimate of drug-likeness (QED) is 0.881. The van der Waals surface area contributed by atoms with Gasteiger partial charge in [0.15, 0.2) is 0 Å². The third kappa shape index (κ3) is 3.77. The predicted octanol–water partition coefficient (Wildman–Crippen LogP) is 1.29. The zero-order chi connectivity index (χ0) is 14.7. The summed E-state index contributed by atoms with van der Waals surface area (Å²) < 4.78 is 5.79. The van der Waals surface area contributed by atoms with Gasteiger partial charge in [-0.25, -0.2) is 0 Å². The van der Waals surface area contributed by atoms with E-state index in [1.54, 1.807) is 11.8 Å². The summed E-state index contributed by atoms with van der Waals surface area (Å²) in [5.41, 5.74) is 2.00. The lowest BCUT2D eigenvalue weighted by molar-refractivity contribution is -0.117. The maximum Gasteiger partial charge on any atom is 0.242 e. The third-order valence-electron chi connectivity index (χ3n) is 3.85. The molecule has 2 aliphatic heterocycles. The standard InChI is InChI=1S/C15H21N3O2S/c1-18-6-7-20-14(8-18)11-2-4-12(5-3-11)17-15(19)13-9-21-10-16-13/h2-5,13-14,16H,6-10H2,1H3,(H,17,19). The zero-order valence-corrected chi connectivity index (χ0v) is 13.0. The Morgan fingerprint density at radius 3 is 2.90 bits per heavy atom. The first kappa shape index (κ1) is 14.8. The van der Waals surface area contributed by atoms with Crippen LogP contribution in [0.25, 0.3) is 0 Å². The van der Waals surface area contributed by atoms with Crippen molar-refractivity contribution >= 4 is 23.4 Å². The summed E-state index contributed by atoms with van der Waals surface area (Å²) in [7, 11) is 2.11. The maximum atomic E-state index is 12.0. The summed E-state index contributed by atoms with van der Waals surface area (Å²) in [6, 6.07) is 7.90. The normalized spacial score (nSPS) is 26.7. The molecule has 6 heteroatoms. The summed E-state index contributed by atoms with van der Waals surface area (Å²) in [6.45, 7) is 2.66. The van der Waals surface area contributed by atoms with Gasteiger partial charge in [0, 0.05) is 30.4 Å². The van der Waals surface area contributed by atoms with Gasteiger partial charge in [-0.3, -0.25) is 10.1 Å². The maximum absolute atomic E-state index is 12.0. The van der Waals surface area contributed by atoms with Gasteiger partial charge in [0.2, 0.25) is 5.91 Å². The van der Waals surface area contributed by atoms with E-state index < -0.39 is 0 Å². The molecule has 2 saturated heterocycles. The van der Waals surface area contributed by atoms with Gasteiger partial charge in [-0.15, -0.1) is 11.8 Å². The number of hydrogen-bond donors (Lipinski definition) is 2. The molecule has 0 saturated carbocycles. The molecule has 2 N–H and O–H groups in total. The topological polar surface area (TPSA) is 53.6 Å². The second kappa shape index (κ2) is 6.79. The van der Waals surface area contributed by atoms with Crippen LogP contribution in [0.3, 0.4) is 0 Å². The number of anilines is 1. The molecule has 0 bridgehead atoms. The minimum Gasteiger partial charge on any atom is -0.371 e. The molecule has 2 fully saturated rings. The number of hydrogen-bond acceptors (Lipinski definition) is 5. The Bertz CT molecular complexity index is 488. The molecule has 1 amide bonds. The molecule has 21 heavy (non-hydrogen) atoms. The van der Waals surface area contributed by atoms with E-state index in [-0.39, 0.29) is 18.1 Å². The Kier molecular flexibility index (Phi) is 4.80. The van der Waals surface area contributed by atoms with E-state index in [0.717, 1.165) is 42.6 Å². The highest BCUT2D eigenvalue weighted by Gasteiger charge is 2.23. The fraction of sp³-hybridized carbons (Fsp3) is 0.533. The third-order valence-corrected chi connectivity index (χ3v) is 4.79. The number of thioether (sulfide) groups is 1. The van der Waals surface area contributed by atoms with Gasteiger partial charge in [-0.05, 0) is 24.7 Å². The highest BCUT2D eigenvalue weighted by Crippen LogP contribution is 2.23. The molecule has 0 radical (unpaired) electrons. The van der Waals surface area contributed by atoms with Gasteiger partial charge in [0.25, 0.3) is 0 Å². The zero-order valence-electron chi connectivity index (χ0n) is 12.2. The number of amides is 1. The number of nitrogens with zero attached hydrogens (tertiary/aromatic N) is 1. The molecule has 114 valence electrons. The fourth-order valence-electron chi connectivity index (χ4n) is 2.55. The summed E-state index contributed by atoms with van der Waals surface area (Å²) in [5, 5.41) is 6.13. The highest BCUT2D eigenvalue weighted by atomic mass is 32.2. The molecule has 2 atom stereocenters. The second-order valence-corrected chi connectivity index (χ2v) is 6.54. The number of rotatable bonds is 3. The van der Waals surface area contributed by atoms with Crippen molar-refractivity contribution in [2.45, 2.75) is 12.1 Å². The Morgan fingerprint density at radius 1 is 1.43 bits per heavy atom.